The van der Waals surface area contributed by atoms with Gasteiger partial charge in [-0.2, -0.15) is 17.7 Å². The van der Waals surface area contributed by atoms with E-state index >= 15 is 0 Å². The minimum atomic E-state index is -0.772. The smallest absolute Gasteiger partial charge is 0.352 e. The summed E-state index contributed by atoms with van der Waals surface area (Å²) >= 11 is 0. The van der Waals surface area contributed by atoms with Crippen molar-refractivity contribution in [3.05, 3.63) is 83.6 Å². The summed E-state index contributed by atoms with van der Waals surface area (Å²) in [6, 6.07) is 0. The van der Waals surface area contributed by atoms with E-state index in [4.69, 9.17) is 22.4 Å². The van der Waals surface area contributed by atoms with Crippen LogP contribution in [0.2, 0.25) is 0 Å². The van der Waals surface area contributed by atoms with Crippen LogP contribution >= 0.6 is 0 Å². The van der Waals surface area contributed by atoms with E-state index in [2.05, 4.69) is 32.7 Å². The molecule has 6 N–H and O–H groups in total. The number of hydrogen-bond acceptors (Lipinski definition) is 10. The van der Waals surface area contributed by atoms with E-state index in [0.717, 1.165) is 30.9 Å². The van der Waals surface area contributed by atoms with Gasteiger partial charge in [0.25, 0.3) is 0 Å². The molecule has 0 unspecified atom stereocenters. The van der Waals surface area contributed by atoms with Gasteiger partial charge in [-0.1, -0.05) is 67.7 Å². The van der Waals surface area contributed by atoms with Crippen molar-refractivity contribution in [2.45, 2.75) is 59.0 Å². The first-order valence-electron chi connectivity index (χ1n) is 12.1. The van der Waals surface area contributed by atoms with Gasteiger partial charge in [0.05, 0.1) is 12.5 Å². The summed E-state index contributed by atoms with van der Waals surface area (Å²) in [5, 5.41) is 0. The van der Waals surface area contributed by atoms with Gasteiger partial charge in [0.2, 0.25) is 0 Å². The second-order valence-electron chi connectivity index (χ2n) is 8.43. The fourth-order valence-electron chi connectivity index (χ4n) is 2.99. The Bertz CT molecular complexity index is 959. The normalized spacial score (nSPS) is 15.0. The average Bonchev–Trinajstić information content (AvgIpc) is 2.92. The summed E-state index contributed by atoms with van der Waals surface area (Å²) in [6.45, 7) is 5.58. The second kappa shape index (κ2) is 21.5. The standard InChI is InChI=1S/C28H41N3O7/c1-21(15-18-24(19-26(32)36-29)20-27(33)37-30)13-11-9-7-5-6-8-10-12-14-25(35-4)22(2)16-17-23(3)28(34)38-31/h6,8-12,15-19,21,25H,5,7,13-14,20,29-31H2,1-4H3/b8-6+,11-9+,12-10-,18-15+,22-16-,23-17+,24-19+/t21-,25+/m0/s1. The number of unbranched alkanes of at least 4 members (excludes halogenated alkanes) is 1. The number of ether oxygens (including phenoxy) is 1. The molecule has 0 amide bonds. The fourth-order valence-corrected chi connectivity index (χ4v) is 2.99. The van der Waals surface area contributed by atoms with Crippen molar-refractivity contribution >= 4 is 17.9 Å². The molecule has 10 nitrogen and oxygen atoms in total. The van der Waals surface area contributed by atoms with Crippen molar-refractivity contribution in [3.63, 3.8) is 0 Å². The van der Waals surface area contributed by atoms with Crippen LogP contribution in [0.5, 0.6) is 0 Å². The molecule has 38 heavy (non-hydrogen) atoms. The molecule has 0 aliphatic rings. The minimum absolute atomic E-state index is 0.105. The molecule has 0 aromatic heterocycles. The molecule has 0 fully saturated rings. The number of nitrogens with two attached hydrogens (primary N) is 3. The number of carbonyl (C=O) groups excluding carboxylic acids is 3. The molecule has 0 radical (unpaired) electrons. The van der Waals surface area contributed by atoms with Gasteiger partial charge in [-0.05, 0) is 56.6 Å². The Balaban J connectivity index is 4.52. The molecule has 0 rings (SSSR count). The molecule has 0 bridgehead atoms. The lowest BCUT2D eigenvalue weighted by Crippen LogP contribution is -2.12. The zero-order chi connectivity index (χ0) is 28.8. The molecule has 210 valence electrons. The molecule has 2 atom stereocenters. The van der Waals surface area contributed by atoms with Crippen molar-refractivity contribution in [1.82, 2.24) is 0 Å². The Morgan fingerprint density at radius 3 is 2.16 bits per heavy atom. The van der Waals surface area contributed by atoms with Gasteiger partial charge in [-0.25, -0.2) is 9.59 Å². The van der Waals surface area contributed by atoms with E-state index in [1.54, 1.807) is 26.2 Å². The van der Waals surface area contributed by atoms with Crippen LogP contribution in [-0.2, 0) is 33.6 Å². The summed E-state index contributed by atoms with van der Waals surface area (Å²) < 4.78 is 5.51. The lowest BCUT2D eigenvalue weighted by atomic mass is 10.0. The minimum Gasteiger partial charge on any atom is -0.377 e. The van der Waals surface area contributed by atoms with Gasteiger partial charge in [-0.15, -0.1) is 0 Å². The van der Waals surface area contributed by atoms with Gasteiger partial charge < -0.3 is 19.2 Å². The van der Waals surface area contributed by atoms with E-state index in [0.29, 0.717) is 17.6 Å². The highest BCUT2D eigenvalue weighted by atomic mass is 16.7. The van der Waals surface area contributed by atoms with E-state index in [1.165, 1.54) is 0 Å². The third-order valence-corrected chi connectivity index (χ3v) is 5.26. The molecule has 0 aromatic rings. The summed E-state index contributed by atoms with van der Waals surface area (Å²) in [7, 11) is 1.64. The van der Waals surface area contributed by atoms with E-state index in [-0.39, 0.29) is 18.4 Å². The first-order chi connectivity index (χ1) is 18.2. The molecule has 10 heteroatoms. The Hall–Kier alpha value is -3.57. The number of hydrogen-bond donors (Lipinski definition) is 3. The number of carbonyl (C=O) groups is 3. The Kier molecular flexibility index (Phi) is 19.5. The van der Waals surface area contributed by atoms with Crippen LogP contribution in [0.25, 0.3) is 0 Å². The SMILES string of the molecule is CO[C@H](C/C=C\C=C\CC/C=C/C[C@H](C)/C=C/C(=C\C(=O)ON)CC(=O)ON)/C(C)=C\C=C(/C)C(=O)ON. The van der Waals surface area contributed by atoms with Crippen LogP contribution in [0.15, 0.2) is 83.6 Å². The van der Waals surface area contributed by atoms with E-state index in [9.17, 15) is 14.4 Å². The summed E-state index contributed by atoms with van der Waals surface area (Å²) in [6.07, 6.45) is 23.4. The van der Waals surface area contributed by atoms with Gasteiger partial charge in [0, 0.05) is 18.8 Å². The fraction of sp³-hybridized carbons (Fsp3) is 0.393. The largest absolute Gasteiger partial charge is 0.377 e. The number of allylic oxidation sites excluding steroid dienone is 9. The lowest BCUT2D eigenvalue weighted by Gasteiger charge is -2.13. The third kappa shape index (κ3) is 17.0. The monoisotopic (exact) mass is 531 g/mol. The van der Waals surface area contributed by atoms with Gasteiger partial charge in [0.15, 0.2) is 0 Å². The summed E-state index contributed by atoms with van der Waals surface area (Å²) in [5.74, 6) is 12.7. The van der Waals surface area contributed by atoms with E-state index in [1.807, 2.05) is 44.2 Å². The predicted octanol–water partition coefficient (Wildman–Crippen LogP) is 3.88. The number of rotatable bonds is 17. The first-order valence-corrected chi connectivity index (χ1v) is 12.1. The van der Waals surface area contributed by atoms with Gasteiger partial charge >= 0.3 is 17.9 Å². The first kappa shape index (κ1) is 34.4. The average molecular weight is 532 g/mol. The highest BCUT2D eigenvalue weighted by molar-refractivity contribution is 5.87. The van der Waals surface area contributed by atoms with Crippen LogP contribution < -0.4 is 17.7 Å². The van der Waals surface area contributed by atoms with Crippen LogP contribution in [0.4, 0.5) is 0 Å². The predicted molar refractivity (Wildman–Crippen MR) is 146 cm³/mol. The molecular formula is C28H41N3O7. The van der Waals surface area contributed by atoms with Crippen LogP contribution in [0.1, 0.15) is 52.9 Å². The molecule has 0 aliphatic heterocycles. The van der Waals surface area contributed by atoms with Crippen molar-refractivity contribution in [2.24, 2.45) is 23.6 Å². The molecule has 0 aromatic carbocycles. The molecule has 0 saturated heterocycles. The van der Waals surface area contributed by atoms with Crippen molar-refractivity contribution in [2.75, 3.05) is 7.11 Å². The zero-order valence-corrected chi connectivity index (χ0v) is 22.6. The molecule has 0 aliphatic carbocycles. The van der Waals surface area contributed by atoms with Crippen LogP contribution in [0, 0.1) is 5.92 Å². The van der Waals surface area contributed by atoms with Crippen molar-refractivity contribution < 1.29 is 33.6 Å². The maximum absolute atomic E-state index is 11.4. The number of methoxy groups -OCH3 is 1. The molecule has 0 spiro atoms. The zero-order valence-electron chi connectivity index (χ0n) is 22.6. The highest BCUT2D eigenvalue weighted by Crippen LogP contribution is 2.13. The van der Waals surface area contributed by atoms with E-state index < -0.39 is 17.9 Å². The second-order valence-corrected chi connectivity index (χ2v) is 8.43. The van der Waals surface area contributed by atoms with Crippen molar-refractivity contribution in [3.8, 4) is 0 Å². The topological polar surface area (TPSA) is 166 Å². The third-order valence-electron chi connectivity index (χ3n) is 5.26. The van der Waals surface area contributed by atoms with Crippen LogP contribution in [0.3, 0.4) is 0 Å². The maximum Gasteiger partial charge on any atom is 0.352 e. The van der Waals surface area contributed by atoms with Crippen molar-refractivity contribution in [1.29, 1.82) is 0 Å². The molecule has 0 heterocycles. The quantitative estimate of drug-likeness (QED) is 0.0824. The lowest BCUT2D eigenvalue weighted by molar-refractivity contribution is -0.143. The Labute approximate surface area is 225 Å². The summed E-state index contributed by atoms with van der Waals surface area (Å²) in [4.78, 5) is 46.5. The highest BCUT2D eigenvalue weighted by Gasteiger charge is 2.08. The molecule has 0 saturated carbocycles. The summed E-state index contributed by atoms with van der Waals surface area (Å²) in [5.41, 5.74) is 1.77. The van der Waals surface area contributed by atoms with Gasteiger partial charge in [0.1, 0.15) is 0 Å². The maximum atomic E-state index is 11.4. The van der Waals surface area contributed by atoms with Gasteiger partial charge in [-0.3, -0.25) is 4.79 Å². The Morgan fingerprint density at radius 1 is 0.842 bits per heavy atom. The van der Waals surface area contributed by atoms with Crippen LogP contribution in [-0.4, -0.2) is 31.1 Å². The molecular weight excluding hydrogens is 490 g/mol. The Morgan fingerprint density at radius 2 is 1.53 bits per heavy atom.